The summed E-state index contributed by atoms with van der Waals surface area (Å²) in [6.07, 6.45) is 0. The summed E-state index contributed by atoms with van der Waals surface area (Å²) in [6, 6.07) is 12.4. The quantitative estimate of drug-likeness (QED) is 0.812. The van der Waals surface area contributed by atoms with Gasteiger partial charge in [-0.25, -0.2) is 0 Å². The Balaban J connectivity index is 2.27. The molecule has 2 rings (SSSR count). The highest BCUT2D eigenvalue weighted by Gasteiger charge is 2.10. The van der Waals surface area contributed by atoms with Crippen LogP contribution in [0.3, 0.4) is 0 Å². The number of halogens is 1. The molecule has 2 aromatic rings. The molecule has 0 aliphatic carbocycles. The third-order valence-electron chi connectivity index (χ3n) is 2.58. The van der Waals surface area contributed by atoms with Gasteiger partial charge in [0.05, 0.1) is 16.3 Å². The Morgan fingerprint density at radius 2 is 1.94 bits per heavy atom. The third-order valence-corrected chi connectivity index (χ3v) is 2.91. The monoisotopic (exact) mass is 260 g/mol. The van der Waals surface area contributed by atoms with Crippen molar-refractivity contribution in [3.05, 3.63) is 58.6 Å². The van der Waals surface area contributed by atoms with E-state index in [1.54, 1.807) is 30.3 Å². The van der Waals surface area contributed by atoms with Crippen LogP contribution in [0.4, 0.5) is 11.4 Å². The van der Waals surface area contributed by atoms with Gasteiger partial charge in [0.25, 0.3) is 5.91 Å². The van der Waals surface area contributed by atoms with Crippen molar-refractivity contribution in [3.8, 4) is 0 Å². The van der Waals surface area contributed by atoms with Crippen LogP contribution < -0.4 is 11.1 Å². The number of carbonyl (C=O) groups excluding carboxylic acids is 1. The number of benzene rings is 2. The van der Waals surface area contributed by atoms with E-state index in [-0.39, 0.29) is 5.91 Å². The molecule has 0 saturated heterocycles. The zero-order valence-corrected chi connectivity index (χ0v) is 10.7. The van der Waals surface area contributed by atoms with E-state index in [0.29, 0.717) is 22.0 Å². The molecule has 0 heterocycles. The minimum Gasteiger partial charge on any atom is -0.398 e. The first kappa shape index (κ1) is 12.5. The van der Waals surface area contributed by atoms with Crippen LogP contribution >= 0.6 is 11.6 Å². The fraction of sp³-hybridized carbons (Fsp3) is 0.0714. The average Bonchev–Trinajstić information content (AvgIpc) is 2.34. The maximum Gasteiger partial charge on any atom is 0.257 e. The highest BCUT2D eigenvalue weighted by molar-refractivity contribution is 6.34. The second-order valence-electron chi connectivity index (χ2n) is 4.02. The summed E-state index contributed by atoms with van der Waals surface area (Å²) >= 11 is 6.02. The van der Waals surface area contributed by atoms with Crippen molar-refractivity contribution in [2.75, 3.05) is 11.1 Å². The largest absolute Gasteiger partial charge is 0.398 e. The molecule has 0 spiro atoms. The number of carbonyl (C=O) groups is 1. The minimum atomic E-state index is -0.263. The molecule has 1 amide bonds. The van der Waals surface area contributed by atoms with Crippen LogP contribution in [0.15, 0.2) is 42.5 Å². The Labute approximate surface area is 111 Å². The van der Waals surface area contributed by atoms with E-state index in [4.69, 9.17) is 17.3 Å². The molecular weight excluding hydrogens is 248 g/mol. The first-order valence-corrected chi connectivity index (χ1v) is 5.88. The van der Waals surface area contributed by atoms with E-state index >= 15 is 0 Å². The number of nitrogens with one attached hydrogen (secondary N) is 1. The maximum absolute atomic E-state index is 12.0. The summed E-state index contributed by atoms with van der Waals surface area (Å²) in [5.74, 6) is -0.263. The van der Waals surface area contributed by atoms with E-state index in [2.05, 4.69) is 5.32 Å². The van der Waals surface area contributed by atoms with E-state index in [1.165, 1.54) is 0 Å². The molecule has 3 nitrogen and oxygen atoms in total. The van der Waals surface area contributed by atoms with Crippen LogP contribution in [0.5, 0.6) is 0 Å². The lowest BCUT2D eigenvalue weighted by atomic mass is 10.1. The zero-order valence-electron chi connectivity index (χ0n) is 9.91. The lowest BCUT2D eigenvalue weighted by molar-refractivity contribution is 0.102. The Kier molecular flexibility index (Phi) is 3.53. The highest BCUT2D eigenvalue weighted by atomic mass is 35.5. The molecule has 0 fully saturated rings. The topological polar surface area (TPSA) is 55.1 Å². The molecule has 0 atom stereocenters. The van der Waals surface area contributed by atoms with Crippen LogP contribution in [0.25, 0.3) is 0 Å². The molecule has 4 heteroatoms. The number of amides is 1. The van der Waals surface area contributed by atoms with Gasteiger partial charge in [-0.15, -0.1) is 0 Å². The van der Waals surface area contributed by atoms with Gasteiger partial charge >= 0.3 is 0 Å². The van der Waals surface area contributed by atoms with Gasteiger partial charge < -0.3 is 11.1 Å². The lowest BCUT2D eigenvalue weighted by Crippen LogP contribution is -2.14. The van der Waals surface area contributed by atoms with Crippen molar-refractivity contribution >= 4 is 28.9 Å². The van der Waals surface area contributed by atoms with Crippen LogP contribution in [-0.2, 0) is 0 Å². The molecule has 0 aliphatic heterocycles. The molecule has 92 valence electrons. The maximum atomic E-state index is 12.0. The number of anilines is 2. The Bertz CT molecular complexity index is 596. The predicted octanol–water partition coefficient (Wildman–Crippen LogP) is 3.48. The van der Waals surface area contributed by atoms with Crippen molar-refractivity contribution in [2.45, 2.75) is 6.92 Å². The molecular formula is C14H13ClN2O. The molecule has 0 radical (unpaired) electrons. The summed E-state index contributed by atoms with van der Waals surface area (Å²) in [7, 11) is 0. The average molecular weight is 261 g/mol. The molecule has 2 aromatic carbocycles. The van der Waals surface area contributed by atoms with Crippen molar-refractivity contribution in [1.82, 2.24) is 0 Å². The minimum absolute atomic E-state index is 0.263. The second kappa shape index (κ2) is 5.10. The third kappa shape index (κ3) is 2.63. The molecule has 0 bridgehead atoms. The summed E-state index contributed by atoms with van der Waals surface area (Å²) < 4.78 is 0. The van der Waals surface area contributed by atoms with Gasteiger partial charge in [-0.2, -0.15) is 0 Å². The first-order chi connectivity index (χ1) is 8.58. The summed E-state index contributed by atoms with van der Waals surface area (Å²) in [5.41, 5.74) is 8.24. The van der Waals surface area contributed by atoms with Crippen molar-refractivity contribution in [1.29, 1.82) is 0 Å². The van der Waals surface area contributed by atoms with E-state index in [0.717, 1.165) is 5.56 Å². The standard InChI is InChI=1S/C14H13ClN2O/c1-9-6-7-11(15)13(8-9)17-14(18)10-4-2-3-5-12(10)16/h2-8H,16H2,1H3,(H,17,18). The van der Waals surface area contributed by atoms with Gasteiger partial charge in [0.2, 0.25) is 0 Å². The van der Waals surface area contributed by atoms with Gasteiger partial charge in [0, 0.05) is 5.69 Å². The van der Waals surface area contributed by atoms with Gasteiger partial charge in [-0.1, -0.05) is 29.8 Å². The van der Waals surface area contributed by atoms with Crippen LogP contribution in [0, 0.1) is 6.92 Å². The summed E-state index contributed by atoms with van der Waals surface area (Å²) in [5, 5.41) is 3.26. The van der Waals surface area contributed by atoms with E-state index in [9.17, 15) is 4.79 Å². The number of hydrogen-bond acceptors (Lipinski definition) is 2. The number of nitrogens with two attached hydrogens (primary N) is 1. The molecule has 3 N–H and O–H groups in total. The summed E-state index contributed by atoms with van der Waals surface area (Å²) in [4.78, 5) is 12.0. The predicted molar refractivity (Wildman–Crippen MR) is 75.0 cm³/mol. The SMILES string of the molecule is Cc1ccc(Cl)c(NC(=O)c2ccccc2N)c1. The van der Waals surface area contributed by atoms with Gasteiger partial charge in [-0.3, -0.25) is 4.79 Å². The number of nitrogen functional groups attached to an aromatic ring is 1. The zero-order chi connectivity index (χ0) is 13.1. The Hall–Kier alpha value is -2.00. The molecule has 0 saturated carbocycles. The van der Waals surface area contributed by atoms with Crippen molar-refractivity contribution in [2.24, 2.45) is 0 Å². The Morgan fingerprint density at radius 1 is 1.22 bits per heavy atom. The second-order valence-corrected chi connectivity index (χ2v) is 4.43. The fourth-order valence-electron chi connectivity index (χ4n) is 1.63. The fourth-order valence-corrected chi connectivity index (χ4v) is 1.79. The number of aryl methyl sites for hydroxylation is 1. The normalized spacial score (nSPS) is 10.1. The smallest absolute Gasteiger partial charge is 0.257 e. The van der Waals surface area contributed by atoms with Gasteiger partial charge in [-0.05, 0) is 36.8 Å². The molecule has 0 unspecified atom stereocenters. The number of rotatable bonds is 2. The lowest BCUT2D eigenvalue weighted by Gasteiger charge is -2.09. The Morgan fingerprint density at radius 3 is 2.67 bits per heavy atom. The number of hydrogen-bond donors (Lipinski definition) is 2. The van der Waals surface area contributed by atoms with Crippen LogP contribution in [-0.4, -0.2) is 5.91 Å². The van der Waals surface area contributed by atoms with Crippen molar-refractivity contribution in [3.63, 3.8) is 0 Å². The van der Waals surface area contributed by atoms with E-state index < -0.39 is 0 Å². The molecule has 0 aliphatic rings. The molecule has 18 heavy (non-hydrogen) atoms. The van der Waals surface area contributed by atoms with Gasteiger partial charge in [0.1, 0.15) is 0 Å². The molecule has 0 aromatic heterocycles. The number of para-hydroxylation sites is 1. The first-order valence-electron chi connectivity index (χ1n) is 5.50. The van der Waals surface area contributed by atoms with Crippen LogP contribution in [0.1, 0.15) is 15.9 Å². The highest BCUT2D eigenvalue weighted by Crippen LogP contribution is 2.24. The van der Waals surface area contributed by atoms with Gasteiger partial charge in [0.15, 0.2) is 0 Å². The summed E-state index contributed by atoms with van der Waals surface area (Å²) in [6.45, 7) is 1.93. The van der Waals surface area contributed by atoms with Crippen LogP contribution in [0.2, 0.25) is 5.02 Å². The van der Waals surface area contributed by atoms with E-state index in [1.807, 2.05) is 19.1 Å². The van der Waals surface area contributed by atoms with Crippen molar-refractivity contribution < 1.29 is 4.79 Å².